The van der Waals surface area contributed by atoms with Crippen LogP contribution in [-0.4, -0.2) is 6.36 Å². The number of hydrogen-bond donors (Lipinski definition) is 0. The second kappa shape index (κ2) is 13.9. The molecule has 0 aliphatic rings. The van der Waals surface area contributed by atoms with Crippen LogP contribution in [0.3, 0.4) is 0 Å². The van der Waals surface area contributed by atoms with Crippen molar-refractivity contribution in [2.75, 3.05) is 0 Å². The molecular formula is C37H28F8O2. The molecule has 0 aromatic heterocycles. The summed E-state index contributed by atoms with van der Waals surface area (Å²) in [6.45, 7) is 2.16. The number of hydrogen-bond acceptors (Lipinski definition) is 2. The summed E-state index contributed by atoms with van der Waals surface area (Å²) in [6, 6.07) is 23.7. The number of unbranched alkanes of at least 4 members (excludes halogenated alkanes) is 2. The highest BCUT2D eigenvalue weighted by Gasteiger charge is 2.38. The van der Waals surface area contributed by atoms with Gasteiger partial charge in [-0.05, 0) is 76.6 Å². The summed E-state index contributed by atoms with van der Waals surface area (Å²) in [5.41, 5.74) is 3.29. The fourth-order valence-corrected chi connectivity index (χ4v) is 5.10. The monoisotopic (exact) mass is 656 g/mol. The van der Waals surface area contributed by atoms with Gasteiger partial charge in [0.1, 0.15) is 17.4 Å². The lowest BCUT2D eigenvalue weighted by Crippen LogP contribution is -2.23. The Hall–Kier alpha value is -4.86. The van der Waals surface area contributed by atoms with Crippen LogP contribution in [0.4, 0.5) is 35.1 Å². The van der Waals surface area contributed by atoms with E-state index in [-0.39, 0.29) is 11.6 Å². The number of halogens is 8. The molecule has 5 aromatic rings. The van der Waals surface area contributed by atoms with E-state index in [1.54, 1.807) is 30.3 Å². The minimum Gasteiger partial charge on any atom is -0.429 e. The van der Waals surface area contributed by atoms with Crippen LogP contribution in [0, 0.1) is 17.5 Å². The molecule has 5 rings (SSSR count). The Labute approximate surface area is 266 Å². The smallest absolute Gasteiger partial charge is 0.429 e. The molecule has 0 saturated heterocycles. The highest BCUT2D eigenvalue weighted by molar-refractivity contribution is 5.74. The molecule has 0 saturated carbocycles. The molecule has 0 heterocycles. The summed E-state index contributed by atoms with van der Waals surface area (Å²) < 4.78 is 119. The zero-order chi connectivity index (χ0) is 33.8. The van der Waals surface area contributed by atoms with Crippen molar-refractivity contribution in [1.29, 1.82) is 0 Å². The summed E-state index contributed by atoms with van der Waals surface area (Å²) in [6.07, 6.45) is -5.04. The predicted octanol–water partition coefficient (Wildman–Crippen LogP) is 11.9. The van der Waals surface area contributed by atoms with Gasteiger partial charge in [-0.1, -0.05) is 86.5 Å². The zero-order valence-electron chi connectivity index (χ0n) is 25.0. The SMILES string of the molecule is CCCCCc1ccc(-c2ccc(-c3ccc(-c4ccc(C(F)(F)Oc5ccc(OC(F)(F)F)c(F)c5)c(F)c4)cc3)c(F)c2)cc1. The topological polar surface area (TPSA) is 18.5 Å². The molecule has 0 aliphatic carbocycles. The van der Waals surface area contributed by atoms with Gasteiger partial charge in [0.2, 0.25) is 0 Å². The van der Waals surface area contributed by atoms with Gasteiger partial charge in [-0.25, -0.2) is 13.2 Å². The van der Waals surface area contributed by atoms with Crippen LogP contribution >= 0.6 is 0 Å². The standard InChI is InChI=1S/C37H28F8O2/c1-2-3-4-5-23-6-8-24(9-7-23)27-14-17-30(32(38)20-27)26-12-10-25(11-13-26)28-15-18-31(33(39)21-28)36(41,42)46-29-16-19-35(34(40)22-29)47-37(43,44)45/h6-22H,2-5H2,1H3. The van der Waals surface area contributed by atoms with Crippen molar-refractivity contribution in [3.63, 3.8) is 0 Å². The van der Waals surface area contributed by atoms with Crippen LogP contribution in [-0.2, 0) is 12.5 Å². The van der Waals surface area contributed by atoms with Gasteiger partial charge in [-0.15, -0.1) is 13.2 Å². The highest BCUT2D eigenvalue weighted by atomic mass is 19.4. The van der Waals surface area contributed by atoms with Gasteiger partial charge >= 0.3 is 12.5 Å². The first kappa shape index (κ1) is 33.5. The Morgan fingerprint density at radius 3 is 1.68 bits per heavy atom. The molecule has 0 bridgehead atoms. The molecule has 244 valence electrons. The number of aryl methyl sites for hydroxylation is 1. The second-order valence-corrected chi connectivity index (χ2v) is 10.9. The Morgan fingerprint density at radius 1 is 0.532 bits per heavy atom. The average Bonchev–Trinajstić information content (AvgIpc) is 3.02. The fourth-order valence-electron chi connectivity index (χ4n) is 5.10. The van der Waals surface area contributed by atoms with Crippen molar-refractivity contribution in [3.8, 4) is 44.9 Å². The van der Waals surface area contributed by atoms with Crippen LogP contribution < -0.4 is 9.47 Å². The van der Waals surface area contributed by atoms with Gasteiger partial charge in [-0.2, -0.15) is 8.78 Å². The van der Waals surface area contributed by atoms with Crippen molar-refractivity contribution in [1.82, 2.24) is 0 Å². The Morgan fingerprint density at radius 2 is 1.11 bits per heavy atom. The first-order valence-corrected chi connectivity index (χ1v) is 14.7. The maximum atomic E-state index is 15.2. The van der Waals surface area contributed by atoms with Crippen molar-refractivity contribution in [2.24, 2.45) is 0 Å². The quantitative estimate of drug-likeness (QED) is 0.104. The van der Waals surface area contributed by atoms with E-state index in [1.165, 1.54) is 24.1 Å². The van der Waals surface area contributed by atoms with Gasteiger partial charge in [0.15, 0.2) is 11.6 Å². The van der Waals surface area contributed by atoms with E-state index in [9.17, 15) is 30.7 Å². The minimum absolute atomic E-state index is 0.238. The van der Waals surface area contributed by atoms with Crippen molar-refractivity contribution in [2.45, 2.75) is 45.1 Å². The number of ether oxygens (including phenoxy) is 2. The average molecular weight is 657 g/mol. The first-order valence-electron chi connectivity index (χ1n) is 14.7. The summed E-state index contributed by atoms with van der Waals surface area (Å²) in [7, 11) is 0. The molecule has 47 heavy (non-hydrogen) atoms. The van der Waals surface area contributed by atoms with Crippen LogP contribution in [0.15, 0.2) is 103 Å². The third-order valence-corrected chi connectivity index (χ3v) is 7.51. The van der Waals surface area contributed by atoms with Gasteiger partial charge in [0.25, 0.3) is 0 Å². The van der Waals surface area contributed by atoms with Crippen LogP contribution in [0.25, 0.3) is 33.4 Å². The summed E-state index contributed by atoms with van der Waals surface area (Å²) in [5.74, 6) is -5.47. The summed E-state index contributed by atoms with van der Waals surface area (Å²) >= 11 is 0. The van der Waals surface area contributed by atoms with E-state index in [4.69, 9.17) is 0 Å². The van der Waals surface area contributed by atoms with E-state index in [2.05, 4.69) is 28.5 Å². The highest BCUT2D eigenvalue weighted by Crippen LogP contribution is 2.37. The molecule has 0 fully saturated rings. The number of alkyl halides is 5. The lowest BCUT2D eigenvalue weighted by atomic mass is 9.96. The third kappa shape index (κ3) is 8.30. The van der Waals surface area contributed by atoms with Gasteiger partial charge in [0.05, 0.1) is 5.56 Å². The molecule has 10 heteroatoms. The van der Waals surface area contributed by atoms with Crippen LogP contribution in [0.5, 0.6) is 11.5 Å². The Kier molecular flexibility index (Phi) is 9.88. The molecule has 0 unspecified atom stereocenters. The molecule has 0 aliphatic heterocycles. The molecule has 0 atom stereocenters. The number of benzene rings is 5. The maximum absolute atomic E-state index is 15.2. The van der Waals surface area contributed by atoms with E-state index in [0.29, 0.717) is 28.8 Å². The molecule has 0 amide bonds. The van der Waals surface area contributed by atoms with Crippen LogP contribution in [0.2, 0.25) is 0 Å². The third-order valence-electron chi connectivity index (χ3n) is 7.51. The Balaban J connectivity index is 1.28. The minimum atomic E-state index is -5.19. The largest absolute Gasteiger partial charge is 0.573 e. The van der Waals surface area contributed by atoms with E-state index < -0.39 is 47.0 Å². The molecular weight excluding hydrogens is 628 g/mol. The summed E-state index contributed by atoms with van der Waals surface area (Å²) in [4.78, 5) is 0. The van der Waals surface area contributed by atoms with E-state index in [1.807, 2.05) is 18.2 Å². The van der Waals surface area contributed by atoms with E-state index >= 15 is 4.39 Å². The van der Waals surface area contributed by atoms with Crippen molar-refractivity contribution >= 4 is 0 Å². The molecule has 5 aromatic carbocycles. The van der Waals surface area contributed by atoms with Crippen LogP contribution in [0.1, 0.15) is 37.3 Å². The predicted molar refractivity (Wildman–Crippen MR) is 163 cm³/mol. The molecule has 0 radical (unpaired) electrons. The lowest BCUT2D eigenvalue weighted by Gasteiger charge is -2.20. The first-order chi connectivity index (χ1) is 22.3. The van der Waals surface area contributed by atoms with Gasteiger partial charge in [0, 0.05) is 11.6 Å². The van der Waals surface area contributed by atoms with E-state index in [0.717, 1.165) is 42.5 Å². The molecule has 0 N–H and O–H groups in total. The summed E-state index contributed by atoms with van der Waals surface area (Å²) in [5, 5.41) is 0. The lowest BCUT2D eigenvalue weighted by molar-refractivity contribution is -0.275. The second-order valence-electron chi connectivity index (χ2n) is 10.9. The molecule has 2 nitrogen and oxygen atoms in total. The zero-order valence-corrected chi connectivity index (χ0v) is 25.0. The van der Waals surface area contributed by atoms with Gasteiger partial charge < -0.3 is 9.47 Å². The van der Waals surface area contributed by atoms with Crippen molar-refractivity contribution < 1.29 is 44.6 Å². The normalized spacial score (nSPS) is 11.9. The van der Waals surface area contributed by atoms with Crippen molar-refractivity contribution in [3.05, 3.63) is 132 Å². The number of rotatable bonds is 11. The maximum Gasteiger partial charge on any atom is 0.573 e. The molecule has 0 spiro atoms. The Bertz CT molecular complexity index is 1830. The van der Waals surface area contributed by atoms with Gasteiger partial charge in [-0.3, -0.25) is 0 Å². The fraction of sp³-hybridized carbons (Fsp3) is 0.189.